The van der Waals surface area contributed by atoms with E-state index in [-0.39, 0.29) is 24.3 Å². The number of fused-ring (bicyclic) bond motifs is 1. The maximum Gasteiger partial charge on any atom is 0.225 e. The van der Waals surface area contributed by atoms with E-state index in [9.17, 15) is 9.90 Å². The van der Waals surface area contributed by atoms with Crippen LogP contribution in [0.2, 0.25) is 0 Å². The Bertz CT molecular complexity index is 563. The van der Waals surface area contributed by atoms with E-state index in [4.69, 9.17) is 4.42 Å². The van der Waals surface area contributed by atoms with Crippen LogP contribution >= 0.6 is 0 Å². The molecule has 1 heterocycles. The number of rotatable bonds is 5. The number of hydrogen-bond acceptors (Lipinski definition) is 4. The highest BCUT2D eigenvalue weighted by molar-refractivity contribution is 5.79. The number of nitrogens with one attached hydrogen (secondary N) is 1. The van der Waals surface area contributed by atoms with E-state index >= 15 is 0 Å². The standard InChI is InChI=1S/C14H18N2O3/c1-9(2)11(7-17)14(18)15-6-10-3-4-12-13(5-10)19-8-16-12/h3-5,8-9,11,17H,6-7H2,1-2H3,(H,15,18). The molecule has 0 aliphatic rings. The predicted octanol–water partition coefficient (Wildman–Crippen LogP) is 1.71. The molecule has 102 valence electrons. The molecule has 0 radical (unpaired) electrons. The molecule has 0 fully saturated rings. The molecular weight excluding hydrogens is 244 g/mol. The fourth-order valence-corrected chi connectivity index (χ4v) is 1.93. The summed E-state index contributed by atoms with van der Waals surface area (Å²) in [5.74, 6) is -0.383. The largest absolute Gasteiger partial charge is 0.443 e. The second kappa shape index (κ2) is 5.84. The third-order valence-corrected chi connectivity index (χ3v) is 3.20. The van der Waals surface area contributed by atoms with Crippen molar-refractivity contribution in [3.63, 3.8) is 0 Å². The molecule has 2 rings (SSSR count). The summed E-state index contributed by atoms with van der Waals surface area (Å²) in [6.07, 6.45) is 1.40. The lowest BCUT2D eigenvalue weighted by molar-refractivity contribution is -0.127. The fourth-order valence-electron chi connectivity index (χ4n) is 1.93. The smallest absolute Gasteiger partial charge is 0.225 e. The lowest BCUT2D eigenvalue weighted by Crippen LogP contribution is -2.35. The summed E-state index contributed by atoms with van der Waals surface area (Å²) < 4.78 is 5.21. The molecule has 19 heavy (non-hydrogen) atoms. The van der Waals surface area contributed by atoms with Crippen molar-refractivity contribution >= 4 is 17.0 Å². The Kier molecular flexibility index (Phi) is 4.16. The first-order valence-corrected chi connectivity index (χ1v) is 6.32. The van der Waals surface area contributed by atoms with Crippen LogP contribution in [0.3, 0.4) is 0 Å². The first-order chi connectivity index (χ1) is 9.11. The predicted molar refractivity (Wildman–Crippen MR) is 71.3 cm³/mol. The van der Waals surface area contributed by atoms with Gasteiger partial charge < -0.3 is 14.8 Å². The van der Waals surface area contributed by atoms with Crippen LogP contribution in [-0.4, -0.2) is 22.6 Å². The Morgan fingerprint density at radius 3 is 2.95 bits per heavy atom. The molecule has 0 aliphatic heterocycles. The summed E-state index contributed by atoms with van der Waals surface area (Å²) in [6.45, 7) is 4.12. The van der Waals surface area contributed by atoms with Crippen molar-refractivity contribution in [2.75, 3.05) is 6.61 Å². The second-order valence-corrected chi connectivity index (χ2v) is 4.91. The van der Waals surface area contributed by atoms with Gasteiger partial charge in [0.2, 0.25) is 5.91 Å². The highest BCUT2D eigenvalue weighted by atomic mass is 16.3. The van der Waals surface area contributed by atoms with E-state index in [0.717, 1.165) is 11.1 Å². The number of aromatic nitrogens is 1. The third kappa shape index (κ3) is 3.12. The molecule has 0 aliphatic carbocycles. The maximum absolute atomic E-state index is 11.9. The van der Waals surface area contributed by atoms with Gasteiger partial charge in [0.05, 0.1) is 12.5 Å². The Morgan fingerprint density at radius 1 is 1.47 bits per heavy atom. The molecule has 1 aromatic heterocycles. The van der Waals surface area contributed by atoms with Crippen LogP contribution in [0.5, 0.6) is 0 Å². The average Bonchev–Trinajstić information content (AvgIpc) is 2.84. The maximum atomic E-state index is 11.9. The zero-order valence-electron chi connectivity index (χ0n) is 11.1. The van der Waals surface area contributed by atoms with Crippen molar-refractivity contribution in [1.82, 2.24) is 10.3 Å². The van der Waals surface area contributed by atoms with Crippen molar-refractivity contribution in [2.45, 2.75) is 20.4 Å². The monoisotopic (exact) mass is 262 g/mol. The molecule has 1 unspecified atom stereocenters. The number of carbonyl (C=O) groups is 1. The molecule has 2 aromatic rings. The van der Waals surface area contributed by atoms with Crippen molar-refractivity contribution in [2.24, 2.45) is 11.8 Å². The fraction of sp³-hybridized carbons (Fsp3) is 0.429. The lowest BCUT2D eigenvalue weighted by atomic mass is 9.96. The van der Waals surface area contributed by atoms with Crippen LogP contribution in [-0.2, 0) is 11.3 Å². The van der Waals surface area contributed by atoms with Gasteiger partial charge in [-0.2, -0.15) is 0 Å². The van der Waals surface area contributed by atoms with Gasteiger partial charge in [0, 0.05) is 6.54 Å². The van der Waals surface area contributed by atoms with Crippen LogP contribution in [0.4, 0.5) is 0 Å². The van der Waals surface area contributed by atoms with Crippen molar-refractivity contribution in [3.05, 3.63) is 30.2 Å². The quantitative estimate of drug-likeness (QED) is 0.860. The molecule has 1 amide bonds. The van der Waals surface area contributed by atoms with Crippen LogP contribution in [0.15, 0.2) is 29.0 Å². The van der Waals surface area contributed by atoms with Crippen molar-refractivity contribution in [1.29, 1.82) is 0 Å². The van der Waals surface area contributed by atoms with Crippen LogP contribution < -0.4 is 5.32 Å². The summed E-state index contributed by atoms with van der Waals surface area (Å²) >= 11 is 0. The van der Waals surface area contributed by atoms with E-state index in [1.165, 1.54) is 6.39 Å². The lowest BCUT2D eigenvalue weighted by Gasteiger charge is -2.17. The number of aliphatic hydroxyl groups is 1. The molecule has 0 bridgehead atoms. The van der Waals surface area contributed by atoms with E-state index in [2.05, 4.69) is 10.3 Å². The molecule has 1 atom stereocenters. The molecule has 0 saturated heterocycles. The Labute approximate surface area is 111 Å². The van der Waals surface area contributed by atoms with Gasteiger partial charge >= 0.3 is 0 Å². The normalized spacial score (nSPS) is 12.8. The minimum atomic E-state index is -0.367. The molecule has 0 saturated carbocycles. The van der Waals surface area contributed by atoms with Gasteiger partial charge in [-0.25, -0.2) is 4.98 Å². The molecular formula is C14H18N2O3. The van der Waals surface area contributed by atoms with Gasteiger partial charge in [0.25, 0.3) is 0 Å². The highest BCUT2D eigenvalue weighted by Crippen LogP contribution is 2.15. The number of hydrogen-bond donors (Lipinski definition) is 2. The Balaban J connectivity index is 1.99. The zero-order chi connectivity index (χ0) is 13.8. The summed E-state index contributed by atoms with van der Waals surface area (Å²) in [4.78, 5) is 15.9. The Hall–Kier alpha value is -1.88. The SMILES string of the molecule is CC(C)C(CO)C(=O)NCc1ccc2ncoc2c1. The number of benzene rings is 1. The van der Waals surface area contributed by atoms with Gasteiger partial charge in [0.1, 0.15) is 5.52 Å². The average molecular weight is 262 g/mol. The van der Waals surface area contributed by atoms with E-state index in [1.54, 1.807) is 0 Å². The first-order valence-electron chi connectivity index (χ1n) is 6.32. The van der Waals surface area contributed by atoms with Crippen LogP contribution in [0.25, 0.3) is 11.1 Å². The second-order valence-electron chi connectivity index (χ2n) is 4.91. The zero-order valence-corrected chi connectivity index (χ0v) is 11.1. The molecule has 2 N–H and O–H groups in total. The number of oxazole rings is 1. The first kappa shape index (κ1) is 13.5. The highest BCUT2D eigenvalue weighted by Gasteiger charge is 2.20. The van der Waals surface area contributed by atoms with E-state index < -0.39 is 0 Å². The van der Waals surface area contributed by atoms with Crippen molar-refractivity contribution in [3.8, 4) is 0 Å². The summed E-state index contributed by atoms with van der Waals surface area (Å²) in [5.41, 5.74) is 2.44. The summed E-state index contributed by atoms with van der Waals surface area (Å²) in [5, 5.41) is 12.0. The van der Waals surface area contributed by atoms with E-state index in [1.807, 2.05) is 32.0 Å². The van der Waals surface area contributed by atoms with Crippen LogP contribution in [0, 0.1) is 11.8 Å². The number of carbonyl (C=O) groups excluding carboxylic acids is 1. The molecule has 1 aromatic carbocycles. The minimum absolute atomic E-state index is 0.113. The van der Waals surface area contributed by atoms with Gasteiger partial charge in [-0.3, -0.25) is 4.79 Å². The Morgan fingerprint density at radius 2 is 2.26 bits per heavy atom. The molecule has 5 heteroatoms. The van der Waals surface area contributed by atoms with Gasteiger partial charge in [0.15, 0.2) is 12.0 Å². The van der Waals surface area contributed by atoms with Crippen molar-refractivity contribution < 1.29 is 14.3 Å². The van der Waals surface area contributed by atoms with E-state index in [0.29, 0.717) is 12.1 Å². The third-order valence-electron chi connectivity index (χ3n) is 3.20. The minimum Gasteiger partial charge on any atom is -0.443 e. The van der Waals surface area contributed by atoms with Crippen LogP contribution in [0.1, 0.15) is 19.4 Å². The summed E-state index contributed by atoms with van der Waals surface area (Å²) in [7, 11) is 0. The molecule has 0 spiro atoms. The van der Waals surface area contributed by atoms with Gasteiger partial charge in [-0.05, 0) is 23.6 Å². The summed E-state index contributed by atoms with van der Waals surface area (Å²) in [6, 6.07) is 5.60. The number of amides is 1. The topological polar surface area (TPSA) is 75.4 Å². The molecule has 5 nitrogen and oxygen atoms in total. The number of nitrogens with zero attached hydrogens (tertiary/aromatic N) is 1. The van der Waals surface area contributed by atoms with Gasteiger partial charge in [-0.15, -0.1) is 0 Å². The van der Waals surface area contributed by atoms with Gasteiger partial charge in [-0.1, -0.05) is 19.9 Å². The number of aliphatic hydroxyl groups excluding tert-OH is 1.